The molecular formula is C26H23FN4O2. The smallest absolute Gasteiger partial charge is 0.246 e. The molecular weight excluding hydrogens is 419 g/mol. The number of hydrogen-bond acceptors (Lipinski definition) is 4. The van der Waals surface area contributed by atoms with Crippen LogP contribution in [-0.2, 0) is 11.4 Å². The molecule has 0 N–H and O–H groups in total. The second-order valence-corrected chi connectivity index (χ2v) is 7.98. The largest absolute Gasteiger partial charge is 0.489 e. The number of hydrogen-bond donors (Lipinski definition) is 0. The number of imidazole rings is 1. The molecule has 3 heterocycles. The van der Waals surface area contributed by atoms with Crippen molar-refractivity contribution >= 4 is 11.4 Å². The number of rotatable bonds is 6. The first kappa shape index (κ1) is 20.9. The summed E-state index contributed by atoms with van der Waals surface area (Å²) < 4.78 is 20.8. The van der Waals surface area contributed by atoms with Crippen LogP contribution in [0.25, 0.3) is 16.8 Å². The lowest BCUT2D eigenvalue weighted by atomic mass is 10.1. The molecule has 0 spiro atoms. The maximum atomic E-state index is 13.1. The highest BCUT2D eigenvalue weighted by Gasteiger charge is 2.32. The third-order valence-electron chi connectivity index (χ3n) is 5.93. The van der Waals surface area contributed by atoms with Gasteiger partial charge in [-0.2, -0.15) is 0 Å². The molecule has 0 radical (unpaired) electrons. The van der Waals surface area contributed by atoms with Crippen LogP contribution >= 0.6 is 0 Å². The van der Waals surface area contributed by atoms with Crippen LogP contribution in [0, 0.1) is 5.82 Å². The summed E-state index contributed by atoms with van der Waals surface area (Å²) >= 11 is 0. The Bertz CT molecular complexity index is 1300. The molecule has 1 amide bonds. The van der Waals surface area contributed by atoms with Crippen LogP contribution in [0.4, 0.5) is 4.39 Å². The minimum atomic E-state index is -0.289. The number of nitrogens with zero attached hydrogens (tertiary/aromatic N) is 4. The Balaban J connectivity index is 1.42. The highest BCUT2D eigenvalue weighted by molar-refractivity contribution is 5.87. The zero-order chi connectivity index (χ0) is 22.8. The summed E-state index contributed by atoms with van der Waals surface area (Å²) in [5.74, 6) is 1.09. The lowest BCUT2D eigenvalue weighted by Gasteiger charge is -2.22. The normalized spacial score (nSPS) is 15.7. The van der Waals surface area contributed by atoms with Gasteiger partial charge in [-0.15, -0.1) is 0 Å². The Kier molecular flexibility index (Phi) is 5.60. The highest BCUT2D eigenvalue weighted by Crippen LogP contribution is 2.35. The first-order valence-electron chi connectivity index (χ1n) is 10.9. The van der Waals surface area contributed by atoms with E-state index < -0.39 is 0 Å². The third-order valence-corrected chi connectivity index (χ3v) is 5.93. The van der Waals surface area contributed by atoms with Crippen LogP contribution in [0.3, 0.4) is 0 Å². The maximum Gasteiger partial charge on any atom is 0.246 e. The molecule has 0 unspecified atom stereocenters. The molecule has 0 saturated carbocycles. The molecule has 0 aliphatic carbocycles. The molecule has 5 rings (SSSR count). The van der Waals surface area contributed by atoms with Crippen LogP contribution in [0.15, 0.2) is 79.8 Å². The van der Waals surface area contributed by atoms with Gasteiger partial charge < -0.3 is 9.64 Å². The van der Waals surface area contributed by atoms with Gasteiger partial charge in [0.2, 0.25) is 5.91 Å². The van der Waals surface area contributed by atoms with Gasteiger partial charge in [0, 0.05) is 24.5 Å². The van der Waals surface area contributed by atoms with Gasteiger partial charge in [0.1, 0.15) is 24.0 Å². The molecule has 1 aliphatic rings. The molecule has 4 aromatic rings. The lowest BCUT2D eigenvalue weighted by Crippen LogP contribution is -2.29. The fraction of sp³-hybridized carbons (Fsp3) is 0.192. The molecule has 1 fully saturated rings. The molecule has 6 nitrogen and oxygen atoms in total. The maximum absolute atomic E-state index is 13.1. The van der Waals surface area contributed by atoms with Crippen LogP contribution in [0.5, 0.6) is 5.75 Å². The predicted molar refractivity (Wildman–Crippen MR) is 123 cm³/mol. The van der Waals surface area contributed by atoms with E-state index in [4.69, 9.17) is 9.72 Å². The molecule has 1 atom stereocenters. The fourth-order valence-corrected chi connectivity index (χ4v) is 4.28. The average Bonchev–Trinajstić information content (AvgIpc) is 3.48. The van der Waals surface area contributed by atoms with E-state index in [2.05, 4.69) is 11.6 Å². The Morgan fingerprint density at radius 1 is 1.18 bits per heavy atom. The molecule has 2 aromatic heterocycles. The summed E-state index contributed by atoms with van der Waals surface area (Å²) in [5.41, 5.74) is 3.66. The summed E-state index contributed by atoms with van der Waals surface area (Å²) in [6.07, 6.45) is 8.57. The van der Waals surface area contributed by atoms with E-state index in [-0.39, 0.29) is 17.8 Å². The Morgan fingerprint density at radius 2 is 1.97 bits per heavy atom. The molecule has 1 aliphatic heterocycles. The highest BCUT2D eigenvalue weighted by atomic mass is 19.1. The zero-order valence-corrected chi connectivity index (χ0v) is 18.0. The SMILES string of the molecule is C=CC(=O)N1CCC[C@H]1c1nc(-c2ccc(COc3ccc(F)cc3)cc2)c2cnccn12. The zero-order valence-electron chi connectivity index (χ0n) is 18.0. The first-order valence-corrected chi connectivity index (χ1v) is 10.9. The summed E-state index contributed by atoms with van der Waals surface area (Å²) in [5, 5.41) is 0. The number of ether oxygens (including phenoxy) is 1. The number of likely N-dealkylation sites (tertiary alicyclic amines) is 1. The van der Waals surface area contributed by atoms with E-state index in [1.165, 1.54) is 18.2 Å². The minimum Gasteiger partial charge on any atom is -0.489 e. The quantitative estimate of drug-likeness (QED) is 0.396. The Morgan fingerprint density at radius 3 is 2.73 bits per heavy atom. The number of carbonyl (C=O) groups is 1. The van der Waals surface area contributed by atoms with Crippen LogP contribution in [-0.4, -0.2) is 31.7 Å². The van der Waals surface area contributed by atoms with Crippen molar-refractivity contribution in [2.45, 2.75) is 25.5 Å². The summed E-state index contributed by atoms with van der Waals surface area (Å²) in [4.78, 5) is 23.5. The second kappa shape index (κ2) is 8.86. The van der Waals surface area contributed by atoms with E-state index in [0.717, 1.165) is 41.0 Å². The first-order chi connectivity index (χ1) is 16.1. The van der Waals surface area contributed by atoms with Crippen molar-refractivity contribution in [1.29, 1.82) is 0 Å². The molecule has 166 valence electrons. The molecule has 1 saturated heterocycles. The van der Waals surface area contributed by atoms with Gasteiger partial charge in [-0.3, -0.25) is 14.2 Å². The van der Waals surface area contributed by atoms with Gasteiger partial charge in [0.05, 0.1) is 23.4 Å². The fourth-order valence-electron chi connectivity index (χ4n) is 4.28. The number of benzene rings is 2. The molecule has 33 heavy (non-hydrogen) atoms. The molecule has 0 bridgehead atoms. The number of carbonyl (C=O) groups excluding carboxylic acids is 1. The van der Waals surface area contributed by atoms with Gasteiger partial charge in [0.15, 0.2) is 0 Å². The number of halogens is 1. The van der Waals surface area contributed by atoms with E-state index in [1.807, 2.05) is 39.8 Å². The van der Waals surface area contributed by atoms with Crippen molar-refractivity contribution < 1.29 is 13.9 Å². The average molecular weight is 442 g/mol. The molecule has 2 aromatic carbocycles. The van der Waals surface area contributed by atoms with E-state index in [1.54, 1.807) is 24.5 Å². The second-order valence-electron chi connectivity index (χ2n) is 7.98. The van der Waals surface area contributed by atoms with Gasteiger partial charge >= 0.3 is 0 Å². The number of amides is 1. The van der Waals surface area contributed by atoms with Gasteiger partial charge in [-0.25, -0.2) is 9.37 Å². The lowest BCUT2D eigenvalue weighted by molar-refractivity contribution is -0.127. The topological polar surface area (TPSA) is 59.7 Å². The third kappa shape index (κ3) is 4.09. The van der Waals surface area contributed by atoms with Crippen LogP contribution in [0.1, 0.15) is 30.3 Å². The van der Waals surface area contributed by atoms with Crippen molar-refractivity contribution in [3.63, 3.8) is 0 Å². The number of aromatic nitrogens is 3. The molecule has 7 heteroatoms. The van der Waals surface area contributed by atoms with Gasteiger partial charge in [0.25, 0.3) is 0 Å². The summed E-state index contributed by atoms with van der Waals surface area (Å²) in [6, 6.07) is 13.9. The van der Waals surface area contributed by atoms with Gasteiger partial charge in [-0.1, -0.05) is 30.8 Å². The Labute approximate surface area is 191 Å². The van der Waals surface area contributed by atoms with E-state index in [0.29, 0.717) is 18.9 Å². The van der Waals surface area contributed by atoms with Crippen molar-refractivity contribution in [2.75, 3.05) is 6.54 Å². The van der Waals surface area contributed by atoms with Gasteiger partial charge in [-0.05, 0) is 48.7 Å². The van der Waals surface area contributed by atoms with Crippen LogP contribution < -0.4 is 4.74 Å². The van der Waals surface area contributed by atoms with Crippen molar-refractivity contribution in [3.8, 4) is 17.0 Å². The standard InChI is InChI=1S/C26H23FN4O2/c1-2-24(32)30-14-3-4-22(30)26-29-25(23-16-28-13-15-31(23)26)19-7-5-18(6-8-19)17-33-21-11-9-20(27)10-12-21/h2,5-13,15-16,22H,1,3-4,14,17H2/t22-/m0/s1. The van der Waals surface area contributed by atoms with Crippen LogP contribution in [0.2, 0.25) is 0 Å². The Hall–Kier alpha value is -4.00. The van der Waals surface area contributed by atoms with Crippen molar-refractivity contribution in [1.82, 2.24) is 19.3 Å². The summed E-state index contributed by atoms with van der Waals surface area (Å²) in [6.45, 7) is 4.72. The van der Waals surface area contributed by atoms with Crippen molar-refractivity contribution in [3.05, 3.63) is 97.0 Å². The predicted octanol–water partition coefficient (Wildman–Crippen LogP) is 4.96. The van der Waals surface area contributed by atoms with E-state index in [9.17, 15) is 9.18 Å². The minimum absolute atomic E-state index is 0.0737. The number of fused-ring (bicyclic) bond motifs is 1. The monoisotopic (exact) mass is 442 g/mol. The van der Waals surface area contributed by atoms with E-state index >= 15 is 0 Å². The summed E-state index contributed by atoms with van der Waals surface area (Å²) in [7, 11) is 0. The van der Waals surface area contributed by atoms with Crippen molar-refractivity contribution in [2.24, 2.45) is 0 Å².